The molecule has 2 rings (SSSR count). The number of hydrogen-bond acceptors (Lipinski definition) is 3. The lowest BCUT2D eigenvalue weighted by Gasteiger charge is -2.10. The van der Waals surface area contributed by atoms with Gasteiger partial charge in [-0.15, -0.1) is 0 Å². The Morgan fingerprint density at radius 1 is 1.65 bits per heavy atom. The summed E-state index contributed by atoms with van der Waals surface area (Å²) in [6.07, 6.45) is -0.311. The van der Waals surface area contributed by atoms with Gasteiger partial charge in [-0.3, -0.25) is 5.32 Å². The van der Waals surface area contributed by atoms with Crippen molar-refractivity contribution in [3.63, 3.8) is 0 Å². The standard InChI is InChI=1S/C12H15NO4/c1-3-16-8-5-10(13-12(14)15)9-4-7(2)17-11(9)6-8/h5-7,13H,3-4H2,1-2H3,(H,14,15). The molecule has 0 aromatic heterocycles. The van der Waals surface area contributed by atoms with Crippen molar-refractivity contribution in [3.05, 3.63) is 17.7 Å². The second-order valence-electron chi connectivity index (χ2n) is 3.94. The molecule has 0 spiro atoms. The molecule has 0 saturated heterocycles. The molecule has 1 aliphatic rings. The second-order valence-corrected chi connectivity index (χ2v) is 3.94. The van der Waals surface area contributed by atoms with Crippen LogP contribution in [0.2, 0.25) is 0 Å². The Labute approximate surface area is 99.3 Å². The molecule has 5 nitrogen and oxygen atoms in total. The zero-order chi connectivity index (χ0) is 12.4. The zero-order valence-corrected chi connectivity index (χ0v) is 9.82. The highest BCUT2D eigenvalue weighted by Gasteiger charge is 2.24. The summed E-state index contributed by atoms with van der Waals surface area (Å²) in [6.45, 7) is 4.35. The van der Waals surface area contributed by atoms with Gasteiger partial charge in [-0.05, 0) is 13.8 Å². The van der Waals surface area contributed by atoms with Crippen LogP contribution in [0.25, 0.3) is 0 Å². The van der Waals surface area contributed by atoms with Gasteiger partial charge in [0.05, 0.1) is 12.3 Å². The van der Waals surface area contributed by atoms with Crippen LogP contribution in [0, 0.1) is 0 Å². The molecule has 92 valence electrons. The van der Waals surface area contributed by atoms with Gasteiger partial charge >= 0.3 is 6.09 Å². The third kappa shape index (κ3) is 2.43. The van der Waals surface area contributed by atoms with Gasteiger partial charge in [0.2, 0.25) is 0 Å². The summed E-state index contributed by atoms with van der Waals surface area (Å²) in [5.74, 6) is 1.32. The summed E-state index contributed by atoms with van der Waals surface area (Å²) >= 11 is 0. The van der Waals surface area contributed by atoms with E-state index in [9.17, 15) is 4.79 Å². The average molecular weight is 237 g/mol. The van der Waals surface area contributed by atoms with E-state index >= 15 is 0 Å². The molecule has 1 unspecified atom stereocenters. The van der Waals surface area contributed by atoms with Crippen molar-refractivity contribution in [3.8, 4) is 11.5 Å². The van der Waals surface area contributed by atoms with Crippen molar-refractivity contribution in [1.82, 2.24) is 0 Å². The van der Waals surface area contributed by atoms with Crippen LogP contribution in [-0.4, -0.2) is 23.9 Å². The summed E-state index contributed by atoms with van der Waals surface area (Å²) in [5, 5.41) is 11.2. The lowest BCUT2D eigenvalue weighted by molar-refractivity contribution is 0.209. The monoisotopic (exact) mass is 237 g/mol. The number of amides is 1. The molecule has 0 bridgehead atoms. The van der Waals surface area contributed by atoms with Crippen molar-refractivity contribution in [2.24, 2.45) is 0 Å². The first kappa shape index (κ1) is 11.6. The first-order valence-electron chi connectivity index (χ1n) is 5.56. The first-order chi connectivity index (χ1) is 8.10. The molecular weight excluding hydrogens is 222 g/mol. The van der Waals surface area contributed by atoms with E-state index in [1.165, 1.54) is 0 Å². The van der Waals surface area contributed by atoms with Crippen LogP contribution in [-0.2, 0) is 6.42 Å². The highest BCUT2D eigenvalue weighted by molar-refractivity contribution is 5.85. The van der Waals surface area contributed by atoms with Crippen molar-refractivity contribution in [2.75, 3.05) is 11.9 Å². The van der Waals surface area contributed by atoms with Gasteiger partial charge < -0.3 is 14.6 Å². The van der Waals surface area contributed by atoms with Crippen LogP contribution in [0.4, 0.5) is 10.5 Å². The highest BCUT2D eigenvalue weighted by atomic mass is 16.5. The van der Waals surface area contributed by atoms with E-state index in [0.717, 1.165) is 5.56 Å². The maximum atomic E-state index is 10.7. The van der Waals surface area contributed by atoms with Crippen LogP contribution in [0.1, 0.15) is 19.4 Å². The van der Waals surface area contributed by atoms with Gasteiger partial charge in [0.25, 0.3) is 0 Å². The fourth-order valence-electron chi connectivity index (χ4n) is 1.96. The number of nitrogens with one attached hydrogen (secondary N) is 1. The van der Waals surface area contributed by atoms with E-state index in [-0.39, 0.29) is 6.10 Å². The van der Waals surface area contributed by atoms with Crippen molar-refractivity contribution in [2.45, 2.75) is 26.4 Å². The second kappa shape index (κ2) is 4.53. The summed E-state index contributed by atoms with van der Waals surface area (Å²) in [7, 11) is 0. The maximum Gasteiger partial charge on any atom is 0.409 e. The van der Waals surface area contributed by atoms with E-state index < -0.39 is 6.09 Å². The van der Waals surface area contributed by atoms with Crippen LogP contribution < -0.4 is 14.8 Å². The number of fused-ring (bicyclic) bond motifs is 1. The molecule has 1 amide bonds. The molecule has 0 saturated carbocycles. The average Bonchev–Trinajstić information content (AvgIpc) is 2.58. The Morgan fingerprint density at radius 2 is 2.41 bits per heavy atom. The van der Waals surface area contributed by atoms with Gasteiger partial charge in [-0.1, -0.05) is 0 Å². The number of ether oxygens (including phenoxy) is 2. The molecule has 0 radical (unpaired) electrons. The third-order valence-electron chi connectivity index (χ3n) is 2.55. The molecule has 17 heavy (non-hydrogen) atoms. The predicted molar refractivity (Wildman–Crippen MR) is 63.1 cm³/mol. The predicted octanol–water partition coefficient (Wildman–Crippen LogP) is 2.50. The Hall–Kier alpha value is -1.91. The van der Waals surface area contributed by atoms with E-state index in [0.29, 0.717) is 30.2 Å². The van der Waals surface area contributed by atoms with Crippen molar-refractivity contribution < 1.29 is 19.4 Å². The smallest absolute Gasteiger partial charge is 0.409 e. The number of carboxylic acid groups (broad SMARTS) is 1. The quantitative estimate of drug-likeness (QED) is 0.847. The highest BCUT2D eigenvalue weighted by Crippen LogP contribution is 2.38. The summed E-state index contributed by atoms with van der Waals surface area (Å²) in [5.41, 5.74) is 1.44. The fraction of sp³-hybridized carbons (Fsp3) is 0.417. The molecule has 1 heterocycles. The normalized spacial score (nSPS) is 17.2. The van der Waals surface area contributed by atoms with E-state index in [2.05, 4.69) is 5.32 Å². The van der Waals surface area contributed by atoms with Crippen LogP contribution in [0.5, 0.6) is 11.5 Å². The topological polar surface area (TPSA) is 67.8 Å². The Bertz CT molecular complexity index is 444. The number of carbonyl (C=O) groups is 1. The molecular formula is C12H15NO4. The Kier molecular flexibility index (Phi) is 3.08. The van der Waals surface area contributed by atoms with Crippen LogP contribution in [0.15, 0.2) is 12.1 Å². The number of hydrogen-bond donors (Lipinski definition) is 2. The lowest BCUT2D eigenvalue weighted by atomic mass is 10.1. The minimum atomic E-state index is -1.08. The first-order valence-corrected chi connectivity index (χ1v) is 5.56. The van der Waals surface area contributed by atoms with Gasteiger partial charge in [0.15, 0.2) is 0 Å². The molecule has 1 atom stereocenters. The van der Waals surface area contributed by atoms with Gasteiger partial charge in [-0.25, -0.2) is 4.79 Å². The largest absolute Gasteiger partial charge is 0.494 e. The maximum absolute atomic E-state index is 10.7. The fourth-order valence-corrected chi connectivity index (χ4v) is 1.96. The van der Waals surface area contributed by atoms with E-state index in [1.807, 2.05) is 13.8 Å². The van der Waals surface area contributed by atoms with Crippen molar-refractivity contribution in [1.29, 1.82) is 0 Å². The Morgan fingerprint density at radius 3 is 3.06 bits per heavy atom. The molecule has 0 fully saturated rings. The zero-order valence-electron chi connectivity index (χ0n) is 9.82. The van der Waals surface area contributed by atoms with E-state index in [1.54, 1.807) is 12.1 Å². The lowest BCUT2D eigenvalue weighted by Crippen LogP contribution is -2.10. The number of anilines is 1. The third-order valence-corrected chi connectivity index (χ3v) is 2.55. The van der Waals surface area contributed by atoms with Crippen molar-refractivity contribution >= 4 is 11.8 Å². The van der Waals surface area contributed by atoms with E-state index in [4.69, 9.17) is 14.6 Å². The van der Waals surface area contributed by atoms with Crippen LogP contribution >= 0.6 is 0 Å². The van der Waals surface area contributed by atoms with Gasteiger partial charge in [0, 0.05) is 24.1 Å². The molecule has 0 aliphatic carbocycles. The summed E-state index contributed by atoms with van der Waals surface area (Å²) in [6, 6.07) is 3.49. The molecule has 1 aromatic rings. The number of benzene rings is 1. The number of rotatable bonds is 3. The SMILES string of the molecule is CCOc1cc(NC(=O)O)c2c(c1)OC(C)C2. The summed E-state index contributed by atoms with van der Waals surface area (Å²) < 4.78 is 11.0. The van der Waals surface area contributed by atoms with Crippen LogP contribution in [0.3, 0.4) is 0 Å². The molecule has 1 aliphatic heterocycles. The van der Waals surface area contributed by atoms with Gasteiger partial charge in [-0.2, -0.15) is 0 Å². The molecule has 1 aromatic carbocycles. The molecule has 2 N–H and O–H groups in total. The minimum Gasteiger partial charge on any atom is -0.494 e. The molecule has 5 heteroatoms. The minimum absolute atomic E-state index is 0.0659. The van der Waals surface area contributed by atoms with Gasteiger partial charge in [0.1, 0.15) is 17.6 Å². The summed E-state index contributed by atoms with van der Waals surface area (Å²) in [4.78, 5) is 10.7. The Balaban J connectivity index is 2.38.